The SMILES string of the molecule is Cn1c(C(=O)Nc2ccc(C[NH+]3CCOCC3)cc2)cc2ccccc21. The van der Waals surface area contributed by atoms with Gasteiger partial charge in [-0.3, -0.25) is 4.79 Å². The second-order valence-corrected chi connectivity index (χ2v) is 6.84. The summed E-state index contributed by atoms with van der Waals surface area (Å²) in [4.78, 5) is 14.2. The second kappa shape index (κ2) is 7.32. The number of nitrogens with one attached hydrogen (secondary N) is 2. The summed E-state index contributed by atoms with van der Waals surface area (Å²) < 4.78 is 7.33. The maximum absolute atomic E-state index is 12.7. The number of aromatic nitrogens is 1. The van der Waals surface area contributed by atoms with E-state index in [9.17, 15) is 4.79 Å². The van der Waals surface area contributed by atoms with E-state index in [1.807, 2.05) is 54.1 Å². The molecule has 3 aromatic rings. The molecule has 1 amide bonds. The number of ether oxygens (including phenoxy) is 1. The Morgan fingerprint density at radius 1 is 1.12 bits per heavy atom. The number of aryl methyl sites for hydroxylation is 1. The third-order valence-electron chi connectivity index (χ3n) is 5.05. The summed E-state index contributed by atoms with van der Waals surface area (Å²) in [5.74, 6) is -0.0877. The van der Waals surface area contributed by atoms with Crippen LogP contribution in [0.25, 0.3) is 10.9 Å². The van der Waals surface area contributed by atoms with E-state index in [2.05, 4.69) is 17.4 Å². The van der Waals surface area contributed by atoms with E-state index >= 15 is 0 Å². The van der Waals surface area contributed by atoms with Crippen LogP contribution in [0.4, 0.5) is 5.69 Å². The molecule has 1 saturated heterocycles. The average Bonchev–Trinajstić information content (AvgIpc) is 3.01. The summed E-state index contributed by atoms with van der Waals surface area (Å²) in [5.41, 5.74) is 3.82. The topological polar surface area (TPSA) is 47.7 Å². The lowest BCUT2D eigenvalue weighted by molar-refractivity contribution is -0.921. The molecular formula is C21H24N3O2+. The molecule has 5 heteroatoms. The largest absolute Gasteiger partial charge is 0.370 e. The van der Waals surface area contributed by atoms with Crippen LogP contribution in [-0.4, -0.2) is 36.8 Å². The van der Waals surface area contributed by atoms with Crippen LogP contribution in [0.2, 0.25) is 0 Å². The van der Waals surface area contributed by atoms with Crippen LogP contribution in [0.15, 0.2) is 54.6 Å². The first-order valence-electron chi connectivity index (χ1n) is 9.07. The van der Waals surface area contributed by atoms with E-state index in [-0.39, 0.29) is 5.91 Å². The van der Waals surface area contributed by atoms with Crippen molar-refractivity contribution in [3.8, 4) is 0 Å². The van der Waals surface area contributed by atoms with E-state index in [1.54, 1.807) is 4.90 Å². The highest BCUT2D eigenvalue weighted by atomic mass is 16.5. The molecule has 0 saturated carbocycles. The van der Waals surface area contributed by atoms with Crippen molar-refractivity contribution in [1.29, 1.82) is 0 Å². The van der Waals surface area contributed by atoms with Crippen molar-refractivity contribution in [2.75, 3.05) is 31.6 Å². The van der Waals surface area contributed by atoms with Crippen molar-refractivity contribution < 1.29 is 14.4 Å². The molecule has 26 heavy (non-hydrogen) atoms. The van der Waals surface area contributed by atoms with Gasteiger partial charge < -0.3 is 19.5 Å². The van der Waals surface area contributed by atoms with Gasteiger partial charge in [0, 0.05) is 29.2 Å². The minimum absolute atomic E-state index is 0.0877. The normalized spacial score (nSPS) is 15.3. The minimum atomic E-state index is -0.0877. The fraction of sp³-hybridized carbons (Fsp3) is 0.286. The lowest BCUT2D eigenvalue weighted by atomic mass is 10.2. The number of hydrogen-bond acceptors (Lipinski definition) is 2. The van der Waals surface area contributed by atoms with Gasteiger partial charge in [-0.2, -0.15) is 0 Å². The summed E-state index contributed by atoms with van der Waals surface area (Å²) in [5, 5.41) is 4.08. The lowest BCUT2D eigenvalue weighted by Gasteiger charge is -2.23. The molecule has 0 aliphatic carbocycles. The van der Waals surface area contributed by atoms with Gasteiger partial charge >= 0.3 is 0 Å². The third kappa shape index (κ3) is 3.49. The van der Waals surface area contributed by atoms with Crippen molar-refractivity contribution in [2.24, 2.45) is 7.05 Å². The first kappa shape index (κ1) is 16.8. The van der Waals surface area contributed by atoms with Crippen LogP contribution < -0.4 is 10.2 Å². The predicted octanol–water partition coefficient (Wildman–Crippen LogP) is 1.85. The van der Waals surface area contributed by atoms with Gasteiger partial charge in [-0.25, -0.2) is 0 Å². The Morgan fingerprint density at radius 3 is 2.58 bits per heavy atom. The molecule has 1 fully saturated rings. The lowest BCUT2D eigenvalue weighted by Crippen LogP contribution is -3.12. The molecule has 2 N–H and O–H groups in total. The Balaban J connectivity index is 1.44. The van der Waals surface area contributed by atoms with Gasteiger partial charge in [0.25, 0.3) is 5.91 Å². The van der Waals surface area contributed by atoms with E-state index in [0.29, 0.717) is 5.69 Å². The van der Waals surface area contributed by atoms with Gasteiger partial charge in [-0.1, -0.05) is 30.3 Å². The highest BCUT2D eigenvalue weighted by Crippen LogP contribution is 2.19. The number of para-hydroxylation sites is 1. The van der Waals surface area contributed by atoms with Gasteiger partial charge in [-0.15, -0.1) is 0 Å². The number of fused-ring (bicyclic) bond motifs is 1. The van der Waals surface area contributed by atoms with Crippen LogP contribution in [0.3, 0.4) is 0 Å². The number of hydrogen-bond donors (Lipinski definition) is 2. The molecule has 134 valence electrons. The Hall–Kier alpha value is -2.63. The highest BCUT2D eigenvalue weighted by Gasteiger charge is 2.15. The van der Waals surface area contributed by atoms with Crippen LogP contribution >= 0.6 is 0 Å². The molecule has 1 aromatic heterocycles. The van der Waals surface area contributed by atoms with Crippen molar-refractivity contribution in [3.05, 3.63) is 65.9 Å². The zero-order chi connectivity index (χ0) is 17.9. The first-order valence-corrected chi connectivity index (χ1v) is 9.07. The smallest absolute Gasteiger partial charge is 0.272 e. The molecule has 2 aromatic carbocycles. The molecule has 1 aliphatic heterocycles. The van der Waals surface area contributed by atoms with Gasteiger partial charge in [0.15, 0.2) is 0 Å². The molecule has 5 nitrogen and oxygen atoms in total. The molecule has 4 rings (SSSR count). The second-order valence-electron chi connectivity index (χ2n) is 6.84. The summed E-state index contributed by atoms with van der Waals surface area (Å²) in [6, 6.07) is 18.1. The molecule has 0 atom stereocenters. The number of benzene rings is 2. The monoisotopic (exact) mass is 350 g/mol. The summed E-state index contributed by atoms with van der Waals surface area (Å²) in [6.07, 6.45) is 0. The van der Waals surface area contributed by atoms with Gasteiger partial charge in [0.2, 0.25) is 0 Å². The Morgan fingerprint density at radius 2 is 1.85 bits per heavy atom. The maximum Gasteiger partial charge on any atom is 0.272 e. The maximum atomic E-state index is 12.7. The van der Waals surface area contributed by atoms with E-state index in [4.69, 9.17) is 4.74 Å². The summed E-state index contributed by atoms with van der Waals surface area (Å²) in [6.45, 7) is 4.79. The fourth-order valence-electron chi connectivity index (χ4n) is 3.53. The van der Waals surface area contributed by atoms with Crippen LogP contribution in [0.1, 0.15) is 16.1 Å². The molecular weight excluding hydrogens is 326 g/mol. The Labute approximate surface area is 153 Å². The average molecular weight is 350 g/mol. The minimum Gasteiger partial charge on any atom is -0.370 e. The highest BCUT2D eigenvalue weighted by molar-refractivity contribution is 6.06. The fourth-order valence-corrected chi connectivity index (χ4v) is 3.53. The van der Waals surface area contributed by atoms with Gasteiger partial charge in [0.1, 0.15) is 25.3 Å². The zero-order valence-corrected chi connectivity index (χ0v) is 15.0. The van der Waals surface area contributed by atoms with Crippen LogP contribution in [0.5, 0.6) is 0 Å². The number of morpholine rings is 1. The van der Waals surface area contributed by atoms with Crippen molar-refractivity contribution >= 4 is 22.5 Å². The van der Waals surface area contributed by atoms with Crippen LogP contribution in [-0.2, 0) is 18.3 Å². The number of rotatable bonds is 4. The molecule has 0 spiro atoms. The number of carbonyl (C=O) groups is 1. The number of quaternary nitrogens is 1. The number of carbonyl (C=O) groups excluding carboxylic acids is 1. The predicted molar refractivity (Wildman–Crippen MR) is 103 cm³/mol. The van der Waals surface area contributed by atoms with Crippen LogP contribution in [0, 0.1) is 0 Å². The Bertz CT molecular complexity index is 909. The number of nitrogens with zero attached hydrogens (tertiary/aromatic N) is 1. The van der Waals surface area contributed by atoms with Crippen molar-refractivity contribution in [2.45, 2.75) is 6.54 Å². The zero-order valence-electron chi connectivity index (χ0n) is 15.0. The first-order chi connectivity index (χ1) is 12.7. The van der Waals surface area contributed by atoms with Gasteiger partial charge in [0.05, 0.1) is 13.2 Å². The molecule has 0 radical (unpaired) electrons. The molecule has 2 heterocycles. The molecule has 0 bridgehead atoms. The van der Waals surface area contributed by atoms with Gasteiger partial charge in [-0.05, 0) is 24.3 Å². The van der Waals surface area contributed by atoms with Crippen molar-refractivity contribution in [3.63, 3.8) is 0 Å². The molecule has 0 unspecified atom stereocenters. The Kier molecular flexibility index (Phi) is 4.73. The summed E-state index contributed by atoms with van der Waals surface area (Å²) in [7, 11) is 1.92. The number of anilines is 1. The third-order valence-corrected chi connectivity index (χ3v) is 5.05. The summed E-state index contributed by atoms with van der Waals surface area (Å²) >= 11 is 0. The van der Waals surface area contributed by atoms with E-state index in [1.165, 1.54) is 5.56 Å². The quantitative estimate of drug-likeness (QED) is 0.754. The van der Waals surface area contributed by atoms with E-state index < -0.39 is 0 Å². The van der Waals surface area contributed by atoms with Crippen molar-refractivity contribution in [1.82, 2.24) is 4.57 Å². The number of amides is 1. The van der Waals surface area contributed by atoms with E-state index in [0.717, 1.165) is 49.4 Å². The standard InChI is InChI=1S/C21H23N3O2/c1-23-19-5-3-2-4-17(19)14-20(23)21(25)22-18-8-6-16(7-9-18)15-24-10-12-26-13-11-24/h2-9,14H,10-13,15H2,1H3,(H,22,25)/p+1. The molecule has 1 aliphatic rings.